The number of aryl methyl sites for hydroxylation is 3. The van der Waals surface area contributed by atoms with E-state index in [4.69, 9.17) is 0 Å². The number of nitrogens with zero attached hydrogens (tertiary/aromatic N) is 2. The second-order valence-electron chi connectivity index (χ2n) is 6.99. The first-order chi connectivity index (χ1) is 13.1. The fraction of sp³-hybridized carbons (Fsp3) is 0.120. The maximum atomic E-state index is 2.26. The number of hydrogen-bond donors (Lipinski definition) is 0. The van der Waals surface area contributed by atoms with Crippen LogP contribution in [0.15, 0.2) is 91.3 Å². The van der Waals surface area contributed by atoms with Crippen molar-refractivity contribution < 1.29 is 9.35 Å². The summed E-state index contributed by atoms with van der Waals surface area (Å²) in [6.45, 7) is 6.47. The summed E-state index contributed by atoms with van der Waals surface area (Å²) in [6.07, 6.45) is 4.25. The highest BCUT2D eigenvalue weighted by atomic mass is 15.4. The Labute approximate surface area is 161 Å². The monoisotopic (exact) mass is 352 g/mol. The third-order valence-electron chi connectivity index (χ3n) is 5.00. The molecule has 2 nitrogen and oxygen atoms in total. The van der Waals surface area contributed by atoms with Gasteiger partial charge in [-0.2, -0.15) is 0 Å². The first-order valence-electron chi connectivity index (χ1n) is 9.31. The normalized spacial score (nSPS) is 10.8. The van der Waals surface area contributed by atoms with Gasteiger partial charge in [0.05, 0.1) is 20.5 Å². The molecule has 0 atom stereocenters. The van der Waals surface area contributed by atoms with Crippen molar-refractivity contribution >= 4 is 0 Å². The van der Waals surface area contributed by atoms with Gasteiger partial charge in [0.25, 0.3) is 11.4 Å². The van der Waals surface area contributed by atoms with Crippen LogP contribution in [0.25, 0.3) is 22.5 Å². The van der Waals surface area contributed by atoms with E-state index in [1.165, 1.54) is 39.2 Å². The van der Waals surface area contributed by atoms with Crippen molar-refractivity contribution in [2.24, 2.45) is 0 Å². The van der Waals surface area contributed by atoms with Crippen molar-refractivity contribution in [3.05, 3.63) is 108 Å². The van der Waals surface area contributed by atoms with Crippen molar-refractivity contribution in [1.29, 1.82) is 0 Å². The molecule has 2 aromatic carbocycles. The summed E-state index contributed by atoms with van der Waals surface area (Å²) < 4.78 is 4.45. The van der Waals surface area contributed by atoms with E-state index >= 15 is 0 Å². The second kappa shape index (κ2) is 7.16. The molecule has 0 spiro atoms. The van der Waals surface area contributed by atoms with Crippen molar-refractivity contribution in [2.45, 2.75) is 20.8 Å². The van der Waals surface area contributed by atoms with Gasteiger partial charge in [-0.3, -0.25) is 0 Å². The Kier molecular flexibility index (Phi) is 4.55. The maximum absolute atomic E-state index is 2.26. The van der Waals surface area contributed by atoms with Crippen LogP contribution in [-0.2, 0) is 0 Å². The van der Waals surface area contributed by atoms with Crippen molar-refractivity contribution in [1.82, 2.24) is 0 Å². The second-order valence-corrected chi connectivity index (χ2v) is 6.99. The van der Waals surface area contributed by atoms with E-state index in [-0.39, 0.29) is 0 Å². The zero-order chi connectivity index (χ0) is 18.8. The van der Waals surface area contributed by atoms with Gasteiger partial charge < -0.3 is 0 Å². The summed E-state index contributed by atoms with van der Waals surface area (Å²) in [6, 6.07) is 27.9. The van der Waals surface area contributed by atoms with Crippen molar-refractivity contribution in [3.63, 3.8) is 0 Å². The van der Waals surface area contributed by atoms with Crippen molar-refractivity contribution in [2.75, 3.05) is 0 Å². The van der Waals surface area contributed by atoms with Gasteiger partial charge in [-0.05, 0) is 56.2 Å². The van der Waals surface area contributed by atoms with Crippen LogP contribution in [0.2, 0.25) is 0 Å². The third-order valence-corrected chi connectivity index (χ3v) is 5.00. The van der Waals surface area contributed by atoms with Gasteiger partial charge in [-0.1, -0.05) is 35.9 Å². The summed E-state index contributed by atoms with van der Waals surface area (Å²) in [5.41, 5.74) is 8.63. The Morgan fingerprint density at radius 2 is 1.07 bits per heavy atom. The molecular weight excluding hydrogens is 328 g/mol. The zero-order valence-electron chi connectivity index (χ0n) is 16.1. The molecule has 4 rings (SSSR count). The summed E-state index contributed by atoms with van der Waals surface area (Å²) in [5.74, 6) is 0. The smallest absolute Gasteiger partial charge is 0.0620 e. The quantitative estimate of drug-likeness (QED) is 0.467. The molecule has 0 radical (unpaired) electrons. The fourth-order valence-corrected chi connectivity index (χ4v) is 3.54. The van der Waals surface area contributed by atoms with E-state index in [2.05, 4.69) is 121 Å². The average molecular weight is 352 g/mol. The molecule has 0 aliphatic heterocycles. The SMILES string of the molecule is Cc1ccc(C)c(-c2cccc[n+]2-[n+]2ccccc2-c2ccccc2C)c1. The molecule has 0 unspecified atom stereocenters. The predicted molar refractivity (Wildman–Crippen MR) is 109 cm³/mol. The summed E-state index contributed by atoms with van der Waals surface area (Å²) >= 11 is 0. The Morgan fingerprint density at radius 3 is 1.74 bits per heavy atom. The Morgan fingerprint density at radius 1 is 0.519 bits per heavy atom. The molecule has 0 aliphatic carbocycles. The molecule has 132 valence electrons. The highest BCUT2D eigenvalue weighted by Crippen LogP contribution is 2.22. The largest absolute Gasteiger partial charge is 0.284 e. The van der Waals surface area contributed by atoms with Gasteiger partial charge in [0.1, 0.15) is 0 Å². The molecule has 0 N–H and O–H groups in total. The lowest BCUT2D eigenvalue weighted by Crippen LogP contribution is -2.68. The van der Waals surface area contributed by atoms with Crippen LogP contribution in [-0.4, -0.2) is 0 Å². The van der Waals surface area contributed by atoms with E-state index in [9.17, 15) is 0 Å². The van der Waals surface area contributed by atoms with Crippen molar-refractivity contribution in [3.8, 4) is 22.5 Å². The molecule has 0 amide bonds. The molecule has 0 saturated heterocycles. The van der Waals surface area contributed by atoms with E-state index < -0.39 is 0 Å². The van der Waals surface area contributed by atoms with Crippen LogP contribution in [0.4, 0.5) is 0 Å². The Bertz CT molecular complexity index is 1110. The molecule has 27 heavy (non-hydrogen) atoms. The lowest BCUT2D eigenvalue weighted by Gasteiger charge is -2.06. The minimum absolute atomic E-state index is 1.17. The molecule has 2 heteroatoms. The van der Waals surface area contributed by atoms with E-state index in [0.29, 0.717) is 0 Å². The Balaban J connectivity index is 1.98. The lowest BCUT2D eigenvalue weighted by molar-refractivity contribution is -1.29. The highest BCUT2D eigenvalue weighted by molar-refractivity contribution is 5.62. The average Bonchev–Trinajstić information content (AvgIpc) is 2.70. The van der Waals surface area contributed by atoms with Crippen LogP contribution in [0.1, 0.15) is 16.7 Å². The molecule has 0 aliphatic rings. The minimum atomic E-state index is 1.17. The van der Waals surface area contributed by atoms with Crippen LogP contribution in [0.3, 0.4) is 0 Å². The summed E-state index contributed by atoms with van der Waals surface area (Å²) in [7, 11) is 0. The molecule has 0 fully saturated rings. The number of benzene rings is 2. The van der Waals surface area contributed by atoms with Gasteiger partial charge in [0.2, 0.25) is 12.4 Å². The first-order valence-corrected chi connectivity index (χ1v) is 9.31. The first kappa shape index (κ1) is 17.2. The fourth-order valence-electron chi connectivity index (χ4n) is 3.54. The van der Waals surface area contributed by atoms with Crippen LogP contribution in [0, 0.1) is 20.8 Å². The van der Waals surface area contributed by atoms with Gasteiger partial charge in [0, 0.05) is 24.3 Å². The zero-order valence-corrected chi connectivity index (χ0v) is 16.1. The van der Waals surface area contributed by atoms with Gasteiger partial charge >= 0.3 is 0 Å². The molecule has 2 aromatic heterocycles. The van der Waals surface area contributed by atoms with Gasteiger partial charge in [-0.25, -0.2) is 0 Å². The molecular formula is C25H24N2+2. The topological polar surface area (TPSA) is 7.76 Å². The maximum Gasteiger partial charge on any atom is 0.284 e. The third kappa shape index (κ3) is 3.26. The van der Waals surface area contributed by atoms with Crippen LogP contribution < -0.4 is 9.35 Å². The minimum Gasteiger partial charge on any atom is -0.0620 e. The number of aromatic nitrogens is 2. The summed E-state index contributed by atoms with van der Waals surface area (Å²) in [5, 5.41) is 0. The van der Waals surface area contributed by atoms with E-state index in [0.717, 1.165) is 0 Å². The highest BCUT2D eigenvalue weighted by Gasteiger charge is 2.27. The van der Waals surface area contributed by atoms with Gasteiger partial charge in [0.15, 0.2) is 0 Å². The lowest BCUT2D eigenvalue weighted by atomic mass is 10.0. The molecule has 0 bridgehead atoms. The molecule has 2 heterocycles. The van der Waals surface area contributed by atoms with E-state index in [1.54, 1.807) is 0 Å². The standard InChI is InChI=1S/C25H24N2/c1-19-14-15-21(3)23(18-19)25-13-7-9-17-27(25)26-16-8-6-12-24(26)22-11-5-4-10-20(22)2/h4-18H,1-3H3/q+2. The van der Waals surface area contributed by atoms with Crippen LogP contribution in [0.5, 0.6) is 0 Å². The molecule has 4 aromatic rings. The summed E-state index contributed by atoms with van der Waals surface area (Å²) in [4.78, 5) is 0. The number of rotatable bonds is 3. The van der Waals surface area contributed by atoms with Crippen LogP contribution >= 0.6 is 0 Å². The predicted octanol–water partition coefficient (Wildman–Crippen LogP) is 4.83. The molecule has 0 saturated carbocycles. The van der Waals surface area contributed by atoms with E-state index in [1.807, 2.05) is 0 Å². The van der Waals surface area contributed by atoms with Gasteiger partial charge in [-0.15, -0.1) is 0 Å². The number of pyridine rings is 2. The number of hydrogen-bond acceptors (Lipinski definition) is 0. The Hall–Kier alpha value is -3.26.